The van der Waals surface area contributed by atoms with Crippen LogP contribution in [0.1, 0.15) is 30.9 Å². The summed E-state index contributed by atoms with van der Waals surface area (Å²) in [7, 11) is 0. The smallest absolute Gasteiger partial charge is 0.0580 e. The van der Waals surface area contributed by atoms with Crippen LogP contribution in [0.4, 0.5) is 0 Å². The van der Waals surface area contributed by atoms with Crippen molar-refractivity contribution in [3.05, 3.63) is 35.4 Å². The molecule has 1 aromatic carbocycles. The van der Waals surface area contributed by atoms with E-state index in [2.05, 4.69) is 32.0 Å². The molecule has 1 heteroatoms. The van der Waals surface area contributed by atoms with Gasteiger partial charge in [0.05, 0.1) is 6.10 Å². The average molecular weight is 178 g/mol. The van der Waals surface area contributed by atoms with E-state index in [-0.39, 0.29) is 6.10 Å². The fourth-order valence-electron chi connectivity index (χ4n) is 1.55. The van der Waals surface area contributed by atoms with Crippen molar-refractivity contribution in [2.24, 2.45) is 0 Å². The Morgan fingerprint density at radius 1 is 1.38 bits per heavy atom. The third kappa shape index (κ3) is 3.60. The molecule has 0 fully saturated rings. The van der Waals surface area contributed by atoms with Crippen molar-refractivity contribution in [3.63, 3.8) is 0 Å². The molecule has 1 atom stereocenters. The van der Waals surface area contributed by atoms with Crippen LogP contribution in [0, 0.1) is 6.92 Å². The Bertz CT molecular complexity index is 255. The zero-order valence-corrected chi connectivity index (χ0v) is 8.46. The standard InChI is InChI=1S/C12H18O/c1-3-5-12(13)9-11-7-4-6-10(2)8-11/h4,6-8,12-13H,3,5,9H2,1-2H3. The van der Waals surface area contributed by atoms with E-state index in [0.29, 0.717) is 0 Å². The van der Waals surface area contributed by atoms with E-state index >= 15 is 0 Å². The molecule has 0 radical (unpaired) electrons. The Kier molecular flexibility index (Phi) is 3.97. The highest BCUT2D eigenvalue weighted by atomic mass is 16.3. The molecule has 0 saturated carbocycles. The lowest BCUT2D eigenvalue weighted by atomic mass is 10.0. The van der Waals surface area contributed by atoms with Gasteiger partial charge >= 0.3 is 0 Å². The average Bonchev–Trinajstić information content (AvgIpc) is 2.04. The minimum atomic E-state index is -0.174. The fourth-order valence-corrected chi connectivity index (χ4v) is 1.55. The summed E-state index contributed by atoms with van der Waals surface area (Å²) in [4.78, 5) is 0. The first-order valence-corrected chi connectivity index (χ1v) is 4.96. The summed E-state index contributed by atoms with van der Waals surface area (Å²) >= 11 is 0. The quantitative estimate of drug-likeness (QED) is 0.751. The first-order valence-electron chi connectivity index (χ1n) is 4.96. The molecule has 0 saturated heterocycles. The number of benzene rings is 1. The Morgan fingerprint density at radius 2 is 2.15 bits per heavy atom. The third-order valence-corrected chi connectivity index (χ3v) is 2.18. The molecule has 72 valence electrons. The number of rotatable bonds is 4. The molecule has 0 aliphatic heterocycles. The fraction of sp³-hybridized carbons (Fsp3) is 0.500. The predicted molar refractivity (Wildman–Crippen MR) is 55.8 cm³/mol. The monoisotopic (exact) mass is 178 g/mol. The van der Waals surface area contributed by atoms with E-state index in [1.165, 1.54) is 11.1 Å². The van der Waals surface area contributed by atoms with Gasteiger partial charge < -0.3 is 5.11 Å². The zero-order chi connectivity index (χ0) is 9.68. The number of hydrogen-bond donors (Lipinski definition) is 1. The van der Waals surface area contributed by atoms with Gasteiger partial charge in [-0.05, 0) is 25.3 Å². The summed E-state index contributed by atoms with van der Waals surface area (Å²) in [5, 5.41) is 9.59. The van der Waals surface area contributed by atoms with Crippen LogP contribution < -0.4 is 0 Å². The largest absolute Gasteiger partial charge is 0.393 e. The minimum Gasteiger partial charge on any atom is -0.393 e. The maximum absolute atomic E-state index is 9.59. The molecule has 0 aliphatic carbocycles. The van der Waals surface area contributed by atoms with E-state index in [9.17, 15) is 5.11 Å². The van der Waals surface area contributed by atoms with Gasteiger partial charge in [-0.3, -0.25) is 0 Å². The van der Waals surface area contributed by atoms with Gasteiger partial charge in [-0.25, -0.2) is 0 Å². The van der Waals surface area contributed by atoms with Gasteiger partial charge in [0.1, 0.15) is 0 Å². The number of aliphatic hydroxyl groups is 1. The molecule has 0 bridgehead atoms. The Morgan fingerprint density at radius 3 is 2.77 bits per heavy atom. The van der Waals surface area contributed by atoms with Crippen LogP contribution in [-0.4, -0.2) is 11.2 Å². The molecule has 13 heavy (non-hydrogen) atoms. The highest BCUT2D eigenvalue weighted by molar-refractivity contribution is 5.22. The zero-order valence-electron chi connectivity index (χ0n) is 8.46. The van der Waals surface area contributed by atoms with E-state index in [1.54, 1.807) is 0 Å². The number of aliphatic hydroxyl groups excluding tert-OH is 1. The lowest BCUT2D eigenvalue weighted by molar-refractivity contribution is 0.164. The number of hydrogen-bond acceptors (Lipinski definition) is 1. The van der Waals surface area contributed by atoms with Gasteiger partial charge in [0.2, 0.25) is 0 Å². The van der Waals surface area contributed by atoms with Crippen molar-refractivity contribution in [1.82, 2.24) is 0 Å². The van der Waals surface area contributed by atoms with Gasteiger partial charge in [0.15, 0.2) is 0 Å². The molecule has 1 rings (SSSR count). The van der Waals surface area contributed by atoms with E-state index in [1.807, 2.05) is 6.07 Å². The highest BCUT2D eigenvalue weighted by Crippen LogP contribution is 2.09. The second kappa shape index (κ2) is 5.03. The maximum Gasteiger partial charge on any atom is 0.0580 e. The van der Waals surface area contributed by atoms with Gasteiger partial charge in [-0.2, -0.15) is 0 Å². The van der Waals surface area contributed by atoms with E-state index in [4.69, 9.17) is 0 Å². The van der Waals surface area contributed by atoms with E-state index < -0.39 is 0 Å². The molecule has 0 aromatic heterocycles. The topological polar surface area (TPSA) is 20.2 Å². The molecule has 0 aliphatic rings. The second-order valence-electron chi connectivity index (χ2n) is 3.64. The SMILES string of the molecule is CCCC(O)Cc1cccc(C)c1. The summed E-state index contributed by atoms with van der Waals surface area (Å²) < 4.78 is 0. The van der Waals surface area contributed by atoms with E-state index in [0.717, 1.165) is 19.3 Å². The third-order valence-electron chi connectivity index (χ3n) is 2.18. The summed E-state index contributed by atoms with van der Waals surface area (Å²) in [6.07, 6.45) is 2.56. The molecule has 1 aromatic rings. The lowest BCUT2D eigenvalue weighted by Crippen LogP contribution is -2.09. The van der Waals surface area contributed by atoms with Crippen molar-refractivity contribution in [3.8, 4) is 0 Å². The first kappa shape index (κ1) is 10.3. The van der Waals surface area contributed by atoms with Crippen molar-refractivity contribution < 1.29 is 5.11 Å². The van der Waals surface area contributed by atoms with Crippen LogP contribution in [0.5, 0.6) is 0 Å². The maximum atomic E-state index is 9.59. The predicted octanol–water partition coefficient (Wildman–Crippen LogP) is 2.70. The van der Waals surface area contributed by atoms with Crippen molar-refractivity contribution >= 4 is 0 Å². The van der Waals surface area contributed by atoms with Crippen molar-refractivity contribution in [2.45, 2.75) is 39.2 Å². The molecular weight excluding hydrogens is 160 g/mol. The van der Waals surface area contributed by atoms with Crippen LogP contribution in [-0.2, 0) is 6.42 Å². The Hall–Kier alpha value is -0.820. The molecule has 0 heterocycles. The summed E-state index contributed by atoms with van der Waals surface area (Å²) in [5.74, 6) is 0. The van der Waals surface area contributed by atoms with Crippen LogP contribution >= 0.6 is 0 Å². The highest BCUT2D eigenvalue weighted by Gasteiger charge is 2.03. The van der Waals surface area contributed by atoms with Crippen LogP contribution in [0.15, 0.2) is 24.3 Å². The summed E-state index contributed by atoms with van der Waals surface area (Å²) in [6, 6.07) is 8.34. The first-order chi connectivity index (χ1) is 6.22. The Labute approximate surface area is 80.4 Å². The molecule has 1 nitrogen and oxygen atoms in total. The molecule has 1 unspecified atom stereocenters. The minimum absolute atomic E-state index is 0.174. The molecule has 1 N–H and O–H groups in total. The van der Waals surface area contributed by atoms with Crippen LogP contribution in [0.3, 0.4) is 0 Å². The van der Waals surface area contributed by atoms with Gasteiger partial charge in [-0.15, -0.1) is 0 Å². The van der Waals surface area contributed by atoms with Crippen molar-refractivity contribution in [2.75, 3.05) is 0 Å². The summed E-state index contributed by atoms with van der Waals surface area (Å²) in [6.45, 7) is 4.18. The summed E-state index contributed by atoms with van der Waals surface area (Å²) in [5.41, 5.74) is 2.50. The van der Waals surface area contributed by atoms with Crippen LogP contribution in [0.25, 0.3) is 0 Å². The van der Waals surface area contributed by atoms with Crippen LogP contribution in [0.2, 0.25) is 0 Å². The molecule has 0 amide bonds. The van der Waals surface area contributed by atoms with Gasteiger partial charge in [0, 0.05) is 0 Å². The Balaban J connectivity index is 2.53. The molecule has 0 spiro atoms. The van der Waals surface area contributed by atoms with Crippen molar-refractivity contribution in [1.29, 1.82) is 0 Å². The van der Waals surface area contributed by atoms with Gasteiger partial charge in [-0.1, -0.05) is 43.2 Å². The second-order valence-corrected chi connectivity index (χ2v) is 3.64. The molecular formula is C12H18O. The normalized spacial score (nSPS) is 12.8. The lowest BCUT2D eigenvalue weighted by Gasteiger charge is -2.09. The number of aryl methyl sites for hydroxylation is 1. The van der Waals surface area contributed by atoms with Gasteiger partial charge in [0.25, 0.3) is 0 Å².